The zero-order valence-electron chi connectivity index (χ0n) is 13.3. The Kier molecular flexibility index (Phi) is 5.17. The second kappa shape index (κ2) is 7.51. The highest BCUT2D eigenvalue weighted by Gasteiger charge is 2.06. The molecule has 122 valence electrons. The van der Waals surface area contributed by atoms with Crippen molar-refractivity contribution in [2.45, 2.75) is 12.1 Å². The van der Waals surface area contributed by atoms with Crippen molar-refractivity contribution in [3.8, 4) is 11.4 Å². The zero-order valence-corrected chi connectivity index (χ0v) is 14.8. The van der Waals surface area contributed by atoms with Gasteiger partial charge in [-0.25, -0.2) is 9.97 Å². The van der Waals surface area contributed by atoms with E-state index >= 15 is 0 Å². The zero-order chi connectivity index (χ0) is 16.9. The average Bonchev–Trinajstić information content (AvgIpc) is 3.24. The minimum Gasteiger partial charge on any atom is -0.306 e. The Balaban J connectivity index is 0.000000149. The number of rotatable bonds is 2. The molecule has 0 atom stereocenters. The van der Waals surface area contributed by atoms with Gasteiger partial charge in [-0.15, -0.1) is 5.10 Å². The number of thioether (sulfide) groups is 1. The van der Waals surface area contributed by atoms with Crippen LogP contribution in [-0.2, 0) is 0 Å². The number of fused-ring (bicyclic) bond motifs is 1. The van der Waals surface area contributed by atoms with Crippen LogP contribution in [0.2, 0.25) is 5.02 Å². The predicted molar refractivity (Wildman–Crippen MR) is 98.5 cm³/mol. The van der Waals surface area contributed by atoms with Gasteiger partial charge in [-0.3, -0.25) is 5.10 Å². The number of halogens is 1. The summed E-state index contributed by atoms with van der Waals surface area (Å²) >= 11 is 7.26. The van der Waals surface area contributed by atoms with E-state index in [-0.39, 0.29) is 0 Å². The lowest BCUT2D eigenvalue weighted by Gasteiger charge is -1.99. The minimum absolute atomic E-state index is 0.727. The first-order valence-electron chi connectivity index (χ1n) is 7.28. The number of benzene rings is 1. The third-order valence-electron chi connectivity index (χ3n) is 3.40. The Hall–Kier alpha value is -2.31. The fourth-order valence-electron chi connectivity index (χ4n) is 2.19. The van der Waals surface area contributed by atoms with Crippen LogP contribution in [0.5, 0.6) is 0 Å². The first-order valence-corrected chi connectivity index (χ1v) is 8.88. The van der Waals surface area contributed by atoms with Crippen LogP contribution in [0.1, 0.15) is 5.56 Å². The van der Waals surface area contributed by atoms with Gasteiger partial charge in [0.25, 0.3) is 0 Å². The van der Waals surface area contributed by atoms with Gasteiger partial charge in [0.1, 0.15) is 5.65 Å². The standard InChI is InChI=1S/C10H11N3S.C7H5ClN2/c1-7-5-3-4-6-8(7)9-11-10(14-2)13-12-9;8-6-1-2-7-9-3-4-10(7)5-6/h3-6H,1-2H3,(H,11,12,13);1-5H. The Morgan fingerprint density at radius 2 is 2.00 bits per heavy atom. The summed E-state index contributed by atoms with van der Waals surface area (Å²) in [5.41, 5.74) is 3.24. The van der Waals surface area contributed by atoms with Crippen LogP contribution in [0.25, 0.3) is 17.0 Å². The summed E-state index contributed by atoms with van der Waals surface area (Å²) in [6, 6.07) is 11.8. The van der Waals surface area contributed by atoms with Gasteiger partial charge < -0.3 is 4.40 Å². The third-order valence-corrected chi connectivity index (χ3v) is 4.17. The molecule has 0 aliphatic carbocycles. The lowest BCUT2D eigenvalue weighted by atomic mass is 10.1. The molecule has 0 unspecified atom stereocenters. The summed E-state index contributed by atoms with van der Waals surface area (Å²) in [6.07, 6.45) is 7.39. The third kappa shape index (κ3) is 3.77. The number of H-pyrrole nitrogens is 1. The van der Waals surface area contributed by atoms with Crippen molar-refractivity contribution < 1.29 is 0 Å². The van der Waals surface area contributed by atoms with Crippen LogP contribution in [-0.4, -0.2) is 30.8 Å². The number of hydrogen-bond acceptors (Lipinski definition) is 4. The Morgan fingerprint density at radius 3 is 2.75 bits per heavy atom. The van der Waals surface area contributed by atoms with E-state index in [0.717, 1.165) is 27.2 Å². The average molecular weight is 358 g/mol. The molecular formula is C17H16ClN5S. The lowest BCUT2D eigenvalue weighted by Crippen LogP contribution is -1.84. The van der Waals surface area contributed by atoms with Gasteiger partial charge in [-0.1, -0.05) is 47.6 Å². The quantitative estimate of drug-likeness (QED) is 0.537. The topological polar surface area (TPSA) is 58.9 Å². The molecule has 0 amide bonds. The molecule has 0 radical (unpaired) electrons. The summed E-state index contributed by atoms with van der Waals surface area (Å²) in [7, 11) is 0. The first kappa shape index (κ1) is 16.5. The highest BCUT2D eigenvalue weighted by atomic mass is 35.5. The number of aromatic amines is 1. The van der Waals surface area contributed by atoms with Crippen molar-refractivity contribution in [1.82, 2.24) is 24.6 Å². The normalized spacial score (nSPS) is 10.5. The van der Waals surface area contributed by atoms with Crippen molar-refractivity contribution in [2.24, 2.45) is 0 Å². The largest absolute Gasteiger partial charge is 0.306 e. The van der Waals surface area contributed by atoms with Gasteiger partial charge in [0, 0.05) is 24.2 Å². The van der Waals surface area contributed by atoms with E-state index in [2.05, 4.69) is 33.2 Å². The number of aryl methyl sites for hydroxylation is 1. The summed E-state index contributed by atoms with van der Waals surface area (Å²) in [6.45, 7) is 2.07. The second-order valence-corrected chi connectivity index (χ2v) is 6.24. The summed E-state index contributed by atoms with van der Waals surface area (Å²) in [5.74, 6) is 0.840. The minimum atomic E-state index is 0.727. The maximum absolute atomic E-state index is 5.73. The maximum atomic E-state index is 5.73. The van der Waals surface area contributed by atoms with E-state index in [1.54, 1.807) is 6.20 Å². The van der Waals surface area contributed by atoms with Gasteiger partial charge in [0.2, 0.25) is 5.16 Å². The van der Waals surface area contributed by atoms with E-state index < -0.39 is 0 Å². The predicted octanol–water partition coefficient (Wildman–Crippen LogP) is 4.49. The fraction of sp³-hybridized carbons (Fsp3) is 0.118. The van der Waals surface area contributed by atoms with Crippen LogP contribution in [0.3, 0.4) is 0 Å². The van der Waals surface area contributed by atoms with E-state index in [9.17, 15) is 0 Å². The number of nitrogens with zero attached hydrogens (tertiary/aromatic N) is 4. The second-order valence-electron chi connectivity index (χ2n) is 5.03. The molecule has 3 aromatic heterocycles. The number of imidazole rings is 1. The molecule has 1 N–H and O–H groups in total. The molecule has 0 saturated carbocycles. The van der Waals surface area contributed by atoms with Crippen LogP contribution in [0, 0.1) is 6.92 Å². The molecule has 1 aromatic carbocycles. The molecule has 4 rings (SSSR count). The smallest absolute Gasteiger partial charge is 0.208 e. The summed E-state index contributed by atoms with van der Waals surface area (Å²) < 4.78 is 1.88. The van der Waals surface area contributed by atoms with Gasteiger partial charge in [-0.2, -0.15) is 0 Å². The summed E-state index contributed by atoms with van der Waals surface area (Å²) in [5, 5.41) is 8.52. The van der Waals surface area contributed by atoms with Crippen molar-refractivity contribution in [1.29, 1.82) is 0 Å². The van der Waals surface area contributed by atoms with Gasteiger partial charge in [0.05, 0.1) is 5.02 Å². The molecule has 0 aliphatic rings. The van der Waals surface area contributed by atoms with Crippen molar-refractivity contribution in [2.75, 3.05) is 6.26 Å². The first-order chi connectivity index (χ1) is 11.7. The summed E-state index contributed by atoms with van der Waals surface area (Å²) in [4.78, 5) is 8.42. The highest BCUT2D eigenvalue weighted by Crippen LogP contribution is 2.20. The Labute approximate surface area is 149 Å². The van der Waals surface area contributed by atoms with E-state index in [1.807, 2.05) is 53.4 Å². The molecular weight excluding hydrogens is 342 g/mol. The van der Waals surface area contributed by atoms with Gasteiger partial charge >= 0.3 is 0 Å². The molecule has 3 heterocycles. The van der Waals surface area contributed by atoms with Crippen LogP contribution >= 0.6 is 23.4 Å². The Morgan fingerprint density at radius 1 is 1.17 bits per heavy atom. The fourth-order valence-corrected chi connectivity index (χ4v) is 2.68. The van der Waals surface area contributed by atoms with Crippen LogP contribution in [0.4, 0.5) is 0 Å². The molecule has 0 saturated heterocycles. The Bertz CT molecular complexity index is 947. The van der Waals surface area contributed by atoms with Crippen molar-refractivity contribution >= 4 is 29.0 Å². The molecule has 4 aromatic rings. The molecule has 7 heteroatoms. The van der Waals surface area contributed by atoms with Crippen molar-refractivity contribution in [3.63, 3.8) is 0 Å². The van der Waals surface area contributed by atoms with Crippen LogP contribution in [0.15, 0.2) is 60.1 Å². The molecule has 0 bridgehead atoms. The number of pyridine rings is 1. The molecule has 24 heavy (non-hydrogen) atoms. The number of hydrogen-bond donors (Lipinski definition) is 1. The molecule has 0 aliphatic heterocycles. The van der Waals surface area contributed by atoms with Crippen LogP contribution < -0.4 is 0 Å². The van der Waals surface area contributed by atoms with Gasteiger partial charge in [-0.05, 0) is 30.9 Å². The SMILES string of the molecule is CSc1n[nH]c(-c2ccccc2C)n1.Clc1ccc2nccn2c1. The van der Waals surface area contributed by atoms with E-state index in [1.165, 1.54) is 17.3 Å². The lowest BCUT2D eigenvalue weighted by molar-refractivity contribution is 0.976. The number of nitrogens with one attached hydrogen (secondary N) is 1. The molecule has 5 nitrogen and oxygen atoms in total. The number of aromatic nitrogens is 5. The molecule has 0 fully saturated rings. The van der Waals surface area contributed by atoms with E-state index in [0.29, 0.717) is 0 Å². The van der Waals surface area contributed by atoms with Crippen molar-refractivity contribution in [3.05, 3.63) is 65.6 Å². The molecule has 0 spiro atoms. The maximum Gasteiger partial charge on any atom is 0.208 e. The highest BCUT2D eigenvalue weighted by molar-refractivity contribution is 7.98. The van der Waals surface area contributed by atoms with Gasteiger partial charge in [0.15, 0.2) is 5.82 Å². The monoisotopic (exact) mass is 357 g/mol. The van der Waals surface area contributed by atoms with E-state index in [4.69, 9.17) is 11.6 Å².